The highest BCUT2D eigenvalue weighted by Gasteiger charge is 1.95. The summed E-state index contributed by atoms with van der Waals surface area (Å²) in [6, 6.07) is 0. The first kappa shape index (κ1) is 28.5. The Balaban J connectivity index is 3.00. The van der Waals surface area contributed by atoms with E-state index in [1.165, 1.54) is 154 Å². The zero-order valence-corrected chi connectivity index (χ0v) is 20.3. The van der Waals surface area contributed by atoms with E-state index in [-0.39, 0.29) is 0 Å². The molecule has 0 fully saturated rings. The van der Waals surface area contributed by atoms with Gasteiger partial charge < -0.3 is 0 Å². The van der Waals surface area contributed by atoms with Crippen molar-refractivity contribution >= 4 is 0 Å². The third kappa shape index (κ3) is 27.5. The summed E-state index contributed by atoms with van der Waals surface area (Å²) in [5.41, 5.74) is 0. The highest BCUT2D eigenvalue weighted by Crippen LogP contribution is 2.15. The molecular weight excluding hydrogens is 348 g/mol. The second-order valence-corrected chi connectivity index (χ2v) is 9.19. The Kier molecular flexibility index (Phi) is 27.0. The third-order valence-electron chi connectivity index (χ3n) is 6.22. The molecular formula is C29H55. The highest BCUT2D eigenvalue weighted by atomic mass is 14.0. The fourth-order valence-corrected chi connectivity index (χ4v) is 4.22. The molecule has 0 heteroatoms. The molecule has 0 rings (SSSR count). The quantitative estimate of drug-likeness (QED) is 0.105. The lowest BCUT2D eigenvalue weighted by molar-refractivity contribution is 0.518. The molecule has 0 bridgehead atoms. The van der Waals surface area contributed by atoms with Gasteiger partial charge in [0.25, 0.3) is 0 Å². The van der Waals surface area contributed by atoms with E-state index in [0.717, 1.165) is 0 Å². The zero-order chi connectivity index (χ0) is 21.1. The normalized spacial score (nSPS) is 11.5. The molecule has 0 N–H and O–H groups in total. The zero-order valence-electron chi connectivity index (χ0n) is 20.3. The van der Waals surface area contributed by atoms with Gasteiger partial charge in [0.15, 0.2) is 0 Å². The van der Waals surface area contributed by atoms with Gasteiger partial charge in [-0.05, 0) is 12.8 Å². The Morgan fingerprint density at radius 2 is 0.690 bits per heavy atom. The van der Waals surface area contributed by atoms with Gasteiger partial charge in [0.05, 0.1) is 0 Å². The maximum absolute atomic E-state index is 5.32. The summed E-state index contributed by atoms with van der Waals surface area (Å²) < 4.78 is 0. The van der Waals surface area contributed by atoms with Crippen LogP contribution in [0.5, 0.6) is 0 Å². The molecule has 0 aliphatic heterocycles. The first-order valence-electron chi connectivity index (χ1n) is 13.6. The van der Waals surface area contributed by atoms with Gasteiger partial charge in [-0.1, -0.05) is 173 Å². The van der Waals surface area contributed by atoms with Crippen LogP contribution in [0.1, 0.15) is 161 Å². The molecule has 0 atom stereocenters. The fourth-order valence-electron chi connectivity index (χ4n) is 4.22. The lowest BCUT2D eigenvalue weighted by atomic mass is 10.0. The molecule has 0 aliphatic carbocycles. The Morgan fingerprint density at radius 3 is 0.966 bits per heavy atom. The fraction of sp³-hybridized carbons (Fsp3) is 0.862. The molecule has 0 amide bonds. The van der Waals surface area contributed by atoms with Crippen LogP contribution in [0.15, 0.2) is 18.2 Å². The Labute approximate surface area is 186 Å². The number of hydrogen-bond donors (Lipinski definition) is 0. The van der Waals surface area contributed by atoms with Gasteiger partial charge >= 0.3 is 0 Å². The van der Waals surface area contributed by atoms with E-state index in [1.807, 2.05) is 6.08 Å². The molecule has 0 aromatic rings. The number of rotatable bonds is 25. The van der Waals surface area contributed by atoms with Gasteiger partial charge in [-0.3, -0.25) is 0 Å². The summed E-state index contributed by atoms with van der Waals surface area (Å²) in [4.78, 5) is 0. The van der Waals surface area contributed by atoms with Crippen molar-refractivity contribution in [1.29, 1.82) is 0 Å². The van der Waals surface area contributed by atoms with Crippen LogP contribution in [-0.4, -0.2) is 0 Å². The predicted molar refractivity (Wildman–Crippen MR) is 134 cm³/mol. The van der Waals surface area contributed by atoms with Gasteiger partial charge in [-0.2, -0.15) is 0 Å². The molecule has 0 nitrogen and oxygen atoms in total. The van der Waals surface area contributed by atoms with Crippen molar-refractivity contribution in [3.8, 4) is 0 Å². The lowest BCUT2D eigenvalue weighted by Gasteiger charge is -2.04. The average Bonchev–Trinajstić information content (AvgIpc) is 2.74. The maximum Gasteiger partial charge on any atom is -0.0348 e. The predicted octanol–water partition coefficient (Wildman–Crippen LogP) is 10.9. The van der Waals surface area contributed by atoms with Crippen molar-refractivity contribution in [2.75, 3.05) is 0 Å². The maximum atomic E-state index is 5.32. The van der Waals surface area contributed by atoms with E-state index in [0.29, 0.717) is 0 Å². The molecule has 0 aromatic carbocycles. The molecule has 29 heavy (non-hydrogen) atoms. The molecule has 0 saturated heterocycles. The second kappa shape index (κ2) is 27.5. The van der Waals surface area contributed by atoms with Crippen LogP contribution in [0.3, 0.4) is 0 Å². The van der Waals surface area contributed by atoms with Crippen LogP contribution in [0, 0.1) is 6.58 Å². The Bertz CT molecular complexity index is 314. The monoisotopic (exact) mass is 403 g/mol. The van der Waals surface area contributed by atoms with Crippen LogP contribution >= 0.6 is 0 Å². The molecule has 0 unspecified atom stereocenters. The summed E-state index contributed by atoms with van der Waals surface area (Å²) in [6.07, 6.45) is 40.4. The van der Waals surface area contributed by atoms with E-state index < -0.39 is 0 Å². The second-order valence-electron chi connectivity index (χ2n) is 9.19. The van der Waals surface area contributed by atoms with E-state index in [4.69, 9.17) is 6.58 Å². The number of unbranched alkanes of at least 4 members (excludes halogenated alkanes) is 23. The van der Waals surface area contributed by atoms with E-state index in [2.05, 4.69) is 13.0 Å². The number of allylic oxidation sites excluding steroid dienone is 3. The van der Waals surface area contributed by atoms with Gasteiger partial charge in [0, 0.05) is 0 Å². The van der Waals surface area contributed by atoms with Crippen molar-refractivity contribution < 1.29 is 0 Å². The van der Waals surface area contributed by atoms with Crippen LogP contribution in [0.2, 0.25) is 0 Å². The Morgan fingerprint density at radius 1 is 0.414 bits per heavy atom. The van der Waals surface area contributed by atoms with Crippen molar-refractivity contribution in [2.45, 2.75) is 161 Å². The van der Waals surface area contributed by atoms with Crippen LogP contribution in [0.25, 0.3) is 0 Å². The SMILES string of the molecule is [CH]=CC=CCCCCCCCCCCCCCCCCCCCCCCCCC. The molecule has 0 aliphatic rings. The van der Waals surface area contributed by atoms with Gasteiger partial charge in [0.2, 0.25) is 0 Å². The van der Waals surface area contributed by atoms with Crippen molar-refractivity contribution in [3.63, 3.8) is 0 Å². The minimum absolute atomic E-state index is 1.19. The smallest absolute Gasteiger partial charge is 0.0348 e. The lowest BCUT2D eigenvalue weighted by Crippen LogP contribution is -1.84. The van der Waals surface area contributed by atoms with Crippen LogP contribution in [-0.2, 0) is 0 Å². The van der Waals surface area contributed by atoms with Gasteiger partial charge in [0.1, 0.15) is 0 Å². The molecule has 1 radical (unpaired) electrons. The van der Waals surface area contributed by atoms with Crippen molar-refractivity contribution in [3.05, 3.63) is 24.8 Å². The molecule has 171 valence electrons. The van der Waals surface area contributed by atoms with E-state index in [9.17, 15) is 0 Å². The van der Waals surface area contributed by atoms with E-state index in [1.54, 1.807) is 6.08 Å². The third-order valence-corrected chi connectivity index (χ3v) is 6.22. The largest absolute Gasteiger partial charge is 0.0845 e. The first-order valence-corrected chi connectivity index (χ1v) is 13.6. The standard InChI is InChI=1S/C29H55/c1-3-5-7-9-11-13-15-17-19-21-23-25-27-29-28-26-24-22-20-18-16-14-12-10-8-6-4-2/h1,3,5,7H,4,6,8-29H2,2H3. The summed E-state index contributed by atoms with van der Waals surface area (Å²) in [5.74, 6) is 0. The van der Waals surface area contributed by atoms with Crippen LogP contribution in [0.4, 0.5) is 0 Å². The minimum Gasteiger partial charge on any atom is -0.0845 e. The first-order chi connectivity index (χ1) is 14.4. The van der Waals surface area contributed by atoms with Gasteiger partial charge in [-0.25, -0.2) is 0 Å². The summed E-state index contributed by atoms with van der Waals surface area (Å²) in [5, 5.41) is 0. The Hall–Kier alpha value is -0.520. The van der Waals surface area contributed by atoms with E-state index >= 15 is 0 Å². The number of hydrogen-bond acceptors (Lipinski definition) is 0. The molecule has 0 spiro atoms. The molecule has 0 saturated carbocycles. The highest BCUT2D eigenvalue weighted by molar-refractivity contribution is 4.95. The van der Waals surface area contributed by atoms with Gasteiger partial charge in [-0.15, -0.1) is 0 Å². The molecule has 0 heterocycles. The summed E-state index contributed by atoms with van der Waals surface area (Å²) in [6.45, 7) is 7.62. The summed E-state index contributed by atoms with van der Waals surface area (Å²) >= 11 is 0. The topological polar surface area (TPSA) is 0 Å². The van der Waals surface area contributed by atoms with Crippen LogP contribution < -0.4 is 0 Å². The van der Waals surface area contributed by atoms with Crippen molar-refractivity contribution in [2.24, 2.45) is 0 Å². The molecule has 0 aromatic heterocycles. The summed E-state index contributed by atoms with van der Waals surface area (Å²) in [7, 11) is 0. The average molecular weight is 404 g/mol. The minimum atomic E-state index is 1.19. The van der Waals surface area contributed by atoms with Crippen molar-refractivity contribution in [1.82, 2.24) is 0 Å².